The summed E-state index contributed by atoms with van der Waals surface area (Å²) in [5.41, 5.74) is 3.66. The summed E-state index contributed by atoms with van der Waals surface area (Å²) in [6.45, 7) is 1.95. The van der Waals surface area contributed by atoms with Crippen molar-refractivity contribution >= 4 is 27.0 Å². The van der Waals surface area contributed by atoms with Gasteiger partial charge >= 0.3 is 0 Å². The number of pyridine rings is 3. The van der Waals surface area contributed by atoms with E-state index < -0.39 is 0 Å². The summed E-state index contributed by atoms with van der Waals surface area (Å²) in [5, 5.41) is 5.43. The van der Waals surface area contributed by atoms with E-state index in [-0.39, 0.29) is 0 Å². The molecule has 0 atom stereocenters. The molecule has 0 aliphatic heterocycles. The Balaban J connectivity index is 2.01. The van der Waals surface area contributed by atoms with Crippen molar-refractivity contribution in [3.63, 3.8) is 0 Å². The number of halogens is 1. The molecule has 23 heavy (non-hydrogen) atoms. The summed E-state index contributed by atoms with van der Waals surface area (Å²) in [5.74, 6) is 0.735. The Hall–Kier alpha value is -2.60. The molecule has 0 amide bonds. The maximum Gasteiger partial charge on any atom is 0.162 e. The lowest BCUT2D eigenvalue weighted by molar-refractivity contribution is 0.836. The first-order valence-corrected chi connectivity index (χ1v) is 7.89. The summed E-state index contributed by atoms with van der Waals surface area (Å²) in [7, 11) is 0. The second-order valence-corrected chi connectivity index (χ2v) is 6.11. The number of fused-ring (bicyclic) bond motifs is 1. The molecule has 4 heterocycles. The van der Waals surface area contributed by atoms with Gasteiger partial charge in [0.15, 0.2) is 11.5 Å². The van der Waals surface area contributed by atoms with Crippen molar-refractivity contribution in [1.29, 1.82) is 0 Å². The number of nitrogens with zero attached hydrogens (tertiary/aromatic N) is 5. The van der Waals surface area contributed by atoms with Gasteiger partial charge in [-0.1, -0.05) is 0 Å². The van der Waals surface area contributed by atoms with Gasteiger partial charge in [-0.15, -0.1) is 0 Å². The molecule has 0 fully saturated rings. The number of hydrogen-bond donors (Lipinski definition) is 0. The second kappa shape index (κ2) is 5.55. The highest BCUT2D eigenvalue weighted by atomic mass is 79.9. The van der Waals surface area contributed by atoms with Crippen molar-refractivity contribution in [2.24, 2.45) is 0 Å². The molecule has 0 spiro atoms. The van der Waals surface area contributed by atoms with Crippen LogP contribution in [0, 0.1) is 6.92 Å². The first-order valence-electron chi connectivity index (χ1n) is 7.10. The van der Waals surface area contributed by atoms with Gasteiger partial charge in [-0.2, -0.15) is 5.10 Å². The summed E-state index contributed by atoms with van der Waals surface area (Å²) in [6, 6.07) is 9.93. The van der Waals surface area contributed by atoms with Gasteiger partial charge in [-0.3, -0.25) is 4.98 Å². The molecular weight excluding hydrogens is 354 g/mol. The first kappa shape index (κ1) is 14.0. The third-order valence-corrected chi connectivity index (χ3v) is 3.98. The normalized spacial score (nSPS) is 11.0. The molecule has 112 valence electrons. The molecule has 4 aromatic rings. The Bertz CT molecular complexity index is 1010. The number of aromatic nitrogens is 5. The minimum absolute atomic E-state index is 0.688. The van der Waals surface area contributed by atoms with Gasteiger partial charge in [0, 0.05) is 40.2 Å². The van der Waals surface area contributed by atoms with E-state index in [2.05, 4.69) is 36.0 Å². The van der Waals surface area contributed by atoms with E-state index in [1.807, 2.05) is 49.6 Å². The van der Waals surface area contributed by atoms with Crippen LogP contribution in [0.2, 0.25) is 0 Å². The van der Waals surface area contributed by atoms with Crippen LogP contribution in [0.4, 0.5) is 0 Å². The maximum atomic E-state index is 4.62. The molecule has 4 rings (SSSR count). The minimum Gasteiger partial charge on any atom is -0.263 e. The summed E-state index contributed by atoms with van der Waals surface area (Å²) in [6.07, 6.45) is 7.25. The highest BCUT2D eigenvalue weighted by molar-refractivity contribution is 9.10. The van der Waals surface area contributed by atoms with Crippen LogP contribution in [0.25, 0.3) is 28.0 Å². The van der Waals surface area contributed by atoms with Gasteiger partial charge in [0.25, 0.3) is 0 Å². The van der Waals surface area contributed by atoms with Gasteiger partial charge in [-0.25, -0.2) is 14.6 Å². The zero-order chi connectivity index (χ0) is 15.8. The van der Waals surface area contributed by atoms with E-state index in [4.69, 9.17) is 0 Å². The molecule has 0 aromatic carbocycles. The average Bonchev–Trinajstić information content (AvgIpc) is 3.00. The summed E-state index contributed by atoms with van der Waals surface area (Å²) >= 11 is 3.48. The molecule has 0 aliphatic rings. The third-order valence-electron chi connectivity index (χ3n) is 3.54. The second-order valence-electron chi connectivity index (χ2n) is 5.20. The molecule has 0 saturated heterocycles. The molecule has 0 unspecified atom stereocenters. The number of aryl methyl sites for hydroxylation is 1. The van der Waals surface area contributed by atoms with Gasteiger partial charge in [-0.05, 0) is 58.7 Å². The lowest BCUT2D eigenvalue weighted by Crippen LogP contribution is -2.01. The van der Waals surface area contributed by atoms with E-state index in [1.165, 1.54) is 0 Å². The SMILES string of the molecule is Cc1ccn(-c2cc(-c3cncc(Br)c3)c3cccnc3n2)n1. The van der Waals surface area contributed by atoms with E-state index in [1.54, 1.807) is 17.1 Å². The molecule has 0 saturated carbocycles. The van der Waals surface area contributed by atoms with Crippen molar-refractivity contribution < 1.29 is 0 Å². The van der Waals surface area contributed by atoms with Crippen LogP contribution in [0.1, 0.15) is 5.69 Å². The fourth-order valence-electron chi connectivity index (χ4n) is 2.50. The zero-order valence-corrected chi connectivity index (χ0v) is 13.9. The molecular formula is C17H12BrN5. The average molecular weight is 366 g/mol. The maximum absolute atomic E-state index is 4.62. The van der Waals surface area contributed by atoms with Crippen LogP contribution in [-0.4, -0.2) is 24.7 Å². The fraction of sp³-hybridized carbons (Fsp3) is 0.0588. The lowest BCUT2D eigenvalue weighted by atomic mass is 10.0. The quantitative estimate of drug-likeness (QED) is 0.539. The van der Waals surface area contributed by atoms with Crippen molar-refractivity contribution in [1.82, 2.24) is 24.7 Å². The van der Waals surface area contributed by atoms with Crippen LogP contribution in [0.3, 0.4) is 0 Å². The molecule has 0 bridgehead atoms. The molecule has 0 radical (unpaired) electrons. The monoisotopic (exact) mass is 365 g/mol. The molecule has 0 aliphatic carbocycles. The highest BCUT2D eigenvalue weighted by Gasteiger charge is 2.11. The molecule has 4 aromatic heterocycles. The molecule has 0 N–H and O–H groups in total. The van der Waals surface area contributed by atoms with E-state index in [9.17, 15) is 0 Å². The van der Waals surface area contributed by atoms with Crippen LogP contribution in [0.5, 0.6) is 0 Å². The predicted molar refractivity (Wildman–Crippen MR) is 92.3 cm³/mol. The fourth-order valence-corrected chi connectivity index (χ4v) is 2.87. The first-order chi connectivity index (χ1) is 11.2. The van der Waals surface area contributed by atoms with Crippen molar-refractivity contribution in [2.75, 3.05) is 0 Å². The van der Waals surface area contributed by atoms with Gasteiger partial charge < -0.3 is 0 Å². The topological polar surface area (TPSA) is 56.5 Å². The predicted octanol–water partition coefficient (Wildman–Crippen LogP) is 3.95. The Kier molecular flexibility index (Phi) is 3.38. The van der Waals surface area contributed by atoms with E-state index in [0.717, 1.165) is 32.5 Å². The largest absolute Gasteiger partial charge is 0.263 e. The smallest absolute Gasteiger partial charge is 0.162 e. The van der Waals surface area contributed by atoms with Crippen LogP contribution >= 0.6 is 15.9 Å². The van der Waals surface area contributed by atoms with E-state index >= 15 is 0 Å². The Morgan fingerprint density at radius 2 is 2.04 bits per heavy atom. The third kappa shape index (κ3) is 2.61. The summed E-state index contributed by atoms with van der Waals surface area (Å²) < 4.78 is 2.69. The summed E-state index contributed by atoms with van der Waals surface area (Å²) in [4.78, 5) is 13.3. The Morgan fingerprint density at radius 3 is 2.83 bits per heavy atom. The Morgan fingerprint density at radius 1 is 1.13 bits per heavy atom. The molecule has 6 heteroatoms. The lowest BCUT2D eigenvalue weighted by Gasteiger charge is -2.09. The van der Waals surface area contributed by atoms with Crippen LogP contribution in [-0.2, 0) is 0 Å². The van der Waals surface area contributed by atoms with Crippen LogP contribution < -0.4 is 0 Å². The molecule has 5 nitrogen and oxygen atoms in total. The van der Waals surface area contributed by atoms with Gasteiger partial charge in [0.1, 0.15) is 0 Å². The highest BCUT2D eigenvalue weighted by Crippen LogP contribution is 2.29. The van der Waals surface area contributed by atoms with Gasteiger partial charge in [0.05, 0.1) is 5.69 Å². The van der Waals surface area contributed by atoms with Crippen molar-refractivity contribution in [3.8, 4) is 16.9 Å². The zero-order valence-electron chi connectivity index (χ0n) is 12.3. The number of hydrogen-bond acceptors (Lipinski definition) is 4. The standard InChI is InChI=1S/C17H12BrN5/c1-11-4-6-23(22-11)16-8-15(12-7-13(18)10-19-9-12)14-3-2-5-20-17(14)21-16/h2-10H,1H3. The minimum atomic E-state index is 0.688. The van der Waals surface area contributed by atoms with Crippen LogP contribution in [0.15, 0.2) is 59.6 Å². The number of rotatable bonds is 2. The van der Waals surface area contributed by atoms with E-state index in [0.29, 0.717) is 5.65 Å². The Labute approximate surface area is 141 Å². The van der Waals surface area contributed by atoms with Gasteiger partial charge in [0.2, 0.25) is 0 Å². The van der Waals surface area contributed by atoms with Crippen molar-refractivity contribution in [2.45, 2.75) is 6.92 Å². The van der Waals surface area contributed by atoms with Crippen molar-refractivity contribution in [3.05, 3.63) is 65.3 Å².